The van der Waals surface area contributed by atoms with Gasteiger partial charge in [0.1, 0.15) is 12.7 Å². The average Bonchev–Trinajstić information content (AvgIpc) is 3.33. The fourth-order valence-corrected chi connectivity index (χ4v) is 8.08. The van der Waals surface area contributed by atoms with Crippen molar-refractivity contribution in [2.45, 2.75) is 103 Å². The molecule has 0 aromatic rings. The third-order valence-corrected chi connectivity index (χ3v) is 9.92. The molecule has 11 heteroatoms. The van der Waals surface area contributed by atoms with Crippen molar-refractivity contribution in [1.29, 1.82) is 0 Å². The minimum atomic E-state index is -3.51. The van der Waals surface area contributed by atoms with E-state index in [1.807, 2.05) is 0 Å². The number of nitrogens with zero attached hydrogens (tertiary/aromatic N) is 2. The summed E-state index contributed by atoms with van der Waals surface area (Å²) in [5.74, 6) is 0. The molecule has 0 bridgehead atoms. The highest BCUT2D eigenvalue weighted by Gasteiger charge is 2.46. The highest BCUT2D eigenvalue weighted by atomic mass is 31.2. The maximum absolute atomic E-state index is 13.6. The SMILES string of the molecule is [2H]C[C@H]1O[C@@H]([3H])C[C@@H]1O[P@@]1(=O)CCC[C@H]([C@H]2O[C@@H]([3H])C[C@@H]2OP(OCC[N+]#[C-])N(C(C)C)C(C)C)O1. The van der Waals surface area contributed by atoms with Crippen molar-refractivity contribution in [3.63, 3.8) is 0 Å². The molecule has 3 heterocycles. The van der Waals surface area contributed by atoms with Gasteiger partial charge in [-0.1, -0.05) is 0 Å². The summed E-state index contributed by atoms with van der Waals surface area (Å²) < 4.78 is 75.1. The molecule has 3 aliphatic rings. The van der Waals surface area contributed by atoms with E-state index in [2.05, 4.69) is 37.2 Å². The summed E-state index contributed by atoms with van der Waals surface area (Å²) in [5.41, 5.74) is 0. The molecule has 0 radical (unpaired) electrons. The molecule has 0 aromatic carbocycles. The van der Waals surface area contributed by atoms with Gasteiger partial charge in [0.25, 0.3) is 8.53 Å². The molecule has 0 saturated carbocycles. The summed E-state index contributed by atoms with van der Waals surface area (Å²) >= 11 is 0. The minimum Gasteiger partial charge on any atom is -0.376 e. The molecular weight excluding hydrogens is 466 g/mol. The molecule has 0 amide bonds. The maximum atomic E-state index is 13.6. The van der Waals surface area contributed by atoms with Crippen molar-refractivity contribution in [2.75, 3.05) is 32.5 Å². The standard InChI is InChI=1S/C22H40N2O7P2/c1-16(2)24(17(3)4)32(28-14-11-23-6)29-20-10-13-27-22(20)21-8-7-15-33(25,31-21)30-19-9-12-26-18(19)5/h16-22H,7-15H2,1-5H3/t18-,19+,20+,21-,22+,32?,33+/m1/s1/i5D,12T,13T/t12-,13-,18+,19-,20-,21+,22-,32?,33-/m0. The molecule has 9 atom stereocenters. The molecule has 1 unspecified atom stereocenters. The van der Waals surface area contributed by atoms with Crippen LogP contribution in [0.4, 0.5) is 0 Å². The number of hydrogen-bond acceptors (Lipinski definition) is 8. The lowest BCUT2D eigenvalue weighted by molar-refractivity contribution is -0.0481. The van der Waals surface area contributed by atoms with Gasteiger partial charge < -0.3 is 32.4 Å². The third-order valence-electron chi connectivity index (χ3n) is 5.72. The Morgan fingerprint density at radius 3 is 2.67 bits per heavy atom. The lowest BCUT2D eigenvalue weighted by Crippen LogP contribution is -2.41. The van der Waals surface area contributed by atoms with Crippen LogP contribution >= 0.6 is 16.1 Å². The highest BCUT2D eigenvalue weighted by Crippen LogP contribution is 2.57. The fourth-order valence-electron chi connectivity index (χ4n) is 4.25. The Labute approximate surface area is 204 Å². The van der Waals surface area contributed by atoms with E-state index < -0.39 is 59.8 Å². The third kappa shape index (κ3) is 7.43. The molecule has 0 spiro atoms. The number of rotatable bonds is 11. The van der Waals surface area contributed by atoms with Gasteiger partial charge in [-0.25, -0.2) is 11.2 Å². The van der Waals surface area contributed by atoms with E-state index in [0.717, 1.165) is 0 Å². The topological polar surface area (TPSA) is 80.1 Å². The van der Waals surface area contributed by atoms with Crippen LogP contribution in [0.5, 0.6) is 0 Å². The Bertz CT molecular complexity index is 785. The van der Waals surface area contributed by atoms with Crippen molar-refractivity contribution in [2.24, 2.45) is 0 Å². The van der Waals surface area contributed by atoms with E-state index in [9.17, 15) is 4.57 Å². The summed E-state index contributed by atoms with van der Waals surface area (Å²) in [4.78, 5) is 3.37. The maximum Gasteiger partial charge on any atom is 0.331 e. The molecule has 0 aromatic heterocycles. The van der Waals surface area contributed by atoms with E-state index in [-0.39, 0.29) is 44.7 Å². The molecule has 0 N–H and O–H groups in total. The fraction of sp³-hybridized carbons (Fsp3) is 0.955. The summed E-state index contributed by atoms with van der Waals surface area (Å²) in [5, 5.41) is 0. The van der Waals surface area contributed by atoms with E-state index in [0.29, 0.717) is 19.3 Å². The summed E-state index contributed by atoms with van der Waals surface area (Å²) in [6.07, 6.45) is -0.928. The van der Waals surface area contributed by atoms with Crippen LogP contribution in [0.2, 0.25) is 0 Å². The molecule has 3 saturated heterocycles. The van der Waals surface area contributed by atoms with Gasteiger partial charge in [0.05, 0.1) is 33.3 Å². The number of ether oxygens (including phenoxy) is 2. The number of hydrogen-bond donors (Lipinski definition) is 0. The largest absolute Gasteiger partial charge is 0.376 e. The Morgan fingerprint density at radius 1 is 1.24 bits per heavy atom. The van der Waals surface area contributed by atoms with E-state index in [1.165, 1.54) is 0 Å². The normalized spacial score (nSPS) is 41.8. The van der Waals surface area contributed by atoms with Crippen molar-refractivity contribution in [3.8, 4) is 0 Å². The van der Waals surface area contributed by atoms with Crippen LogP contribution in [0.1, 0.15) is 64.4 Å². The zero-order valence-corrected chi connectivity index (χ0v) is 21.8. The van der Waals surface area contributed by atoms with Crippen molar-refractivity contribution in [1.82, 2.24) is 4.67 Å². The molecule has 3 rings (SSSR count). The Kier molecular flexibility index (Phi) is 8.97. The predicted octanol–water partition coefficient (Wildman–Crippen LogP) is 5.01. The minimum absolute atomic E-state index is 0.0785. The monoisotopic (exact) mass is 511 g/mol. The Morgan fingerprint density at radius 2 is 1.97 bits per heavy atom. The van der Waals surface area contributed by atoms with Gasteiger partial charge in [0, 0.05) is 39.5 Å². The molecule has 33 heavy (non-hydrogen) atoms. The van der Waals surface area contributed by atoms with Crippen LogP contribution in [0.25, 0.3) is 4.85 Å². The van der Waals surface area contributed by atoms with Crippen molar-refractivity contribution in [3.05, 3.63) is 11.4 Å². The zero-order chi connectivity index (χ0) is 26.5. The van der Waals surface area contributed by atoms with Gasteiger partial charge in [0.15, 0.2) is 0 Å². The Balaban J connectivity index is 1.72. The first-order valence-corrected chi connectivity index (χ1v) is 14.5. The molecule has 0 aliphatic carbocycles. The second kappa shape index (κ2) is 12.7. The van der Waals surface area contributed by atoms with Crippen LogP contribution in [0, 0.1) is 6.57 Å². The van der Waals surface area contributed by atoms with Gasteiger partial charge in [-0.2, -0.15) is 0 Å². The summed E-state index contributed by atoms with van der Waals surface area (Å²) in [6, 6.07) is 0.270. The van der Waals surface area contributed by atoms with E-state index in [1.54, 1.807) is 0 Å². The second-order valence-electron chi connectivity index (χ2n) is 9.01. The van der Waals surface area contributed by atoms with Crippen molar-refractivity contribution >= 4 is 16.1 Å². The summed E-state index contributed by atoms with van der Waals surface area (Å²) in [7, 11) is -5.04. The van der Waals surface area contributed by atoms with Crippen LogP contribution in [0.15, 0.2) is 0 Å². The average molecular weight is 512 g/mol. The van der Waals surface area contributed by atoms with Gasteiger partial charge in [0.2, 0.25) is 6.54 Å². The Hall–Kier alpha value is -0.130. The highest BCUT2D eigenvalue weighted by molar-refractivity contribution is 7.53. The first-order chi connectivity index (χ1) is 17.1. The second-order valence-corrected chi connectivity index (χ2v) is 12.5. The van der Waals surface area contributed by atoms with Gasteiger partial charge in [-0.05, 0) is 47.4 Å². The van der Waals surface area contributed by atoms with E-state index in [4.69, 9.17) is 38.3 Å². The van der Waals surface area contributed by atoms with Crippen LogP contribution in [0.3, 0.4) is 0 Å². The van der Waals surface area contributed by atoms with E-state index >= 15 is 0 Å². The summed E-state index contributed by atoms with van der Waals surface area (Å²) in [6.45, 7) is 14.1. The molecule has 3 aliphatic heterocycles. The van der Waals surface area contributed by atoms with Gasteiger partial charge >= 0.3 is 7.60 Å². The quantitative estimate of drug-likeness (QED) is 0.218. The predicted molar refractivity (Wildman–Crippen MR) is 127 cm³/mol. The van der Waals surface area contributed by atoms with Crippen LogP contribution in [-0.2, 0) is 32.1 Å². The molecule has 9 nitrogen and oxygen atoms in total. The lowest BCUT2D eigenvalue weighted by atomic mass is 10.0. The van der Waals surface area contributed by atoms with Crippen molar-refractivity contribution < 1.29 is 36.2 Å². The van der Waals surface area contributed by atoms with Crippen LogP contribution in [-0.4, -0.2) is 79.8 Å². The first-order valence-electron chi connectivity index (χ1n) is 13.5. The smallest absolute Gasteiger partial charge is 0.331 e. The molecule has 190 valence electrons. The lowest BCUT2D eigenvalue weighted by Gasteiger charge is -2.39. The van der Waals surface area contributed by atoms with Crippen LogP contribution < -0.4 is 0 Å². The zero-order valence-electron chi connectivity index (χ0n) is 23.0. The molecular formula is C22H40N2O7P2. The first kappa shape index (κ1) is 23.3. The van der Waals surface area contributed by atoms with Gasteiger partial charge in [-0.3, -0.25) is 4.57 Å². The molecule has 3 fully saturated rings. The van der Waals surface area contributed by atoms with Gasteiger partial charge in [-0.15, -0.1) is 0 Å².